The smallest absolute Gasteiger partial charge is 0.243 e. The van der Waals surface area contributed by atoms with Crippen LogP contribution in [0.1, 0.15) is 39.5 Å². The fraction of sp³-hybridized carbons (Fsp3) is 0.800. The van der Waals surface area contributed by atoms with Crippen molar-refractivity contribution >= 4 is 5.91 Å². The summed E-state index contributed by atoms with van der Waals surface area (Å²) in [4.78, 5) is 13.8. The molecule has 1 aliphatic carbocycles. The van der Waals surface area contributed by atoms with Crippen LogP contribution < -0.4 is 10.6 Å². The number of hydrogen-bond acceptors (Lipinski definition) is 3. The van der Waals surface area contributed by atoms with Gasteiger partial charge < -0.3 is 15.5 Å². The Kier molecular flexibility index (Phi) is 7.10. The summed E-state index contributed by atoms with van der Waals surface area (Å²) in [6, 6.07) is 1.38. The molecule has 0 aliphatic heterocycles. The van der Waals surface area contributed by atoms with Gasteiger partial charge in [-0.3, -0.25) is 4.79 Å². The molecule has 1 fully saturated rings. The molecule has 4 heteroatoms. The average Bonchev–Trinajstić information content (AvgIpc) is 2.27. The number of hydrogen-bond donors (Lipinski definition) is 2. The van der Waals surface area contributed by atoms with E-state index in [0.29, 0.717) is 18.1 Å². The maximum Gasteiger partial charge on any atom is 0.243 e. The van der Waals surface area contributed by atoms with Crippen LogP contribution in [0.4, 0.5) is 0 Å². The van der Waals surface area contributed by atoms with E-state index in [9.17, 15) is 4.79 Å². The lowest BCUT2D eigenvalue weighted by molar-refractivity contribution is -0.117. The van der Waals surface area contributed by atoms with E-state index in [-0.39, 0.29) is 5.91 Å². The highest BCUT2D eigenvalue weighted by molar-refractivity contribution is 5.87. The third-order valence-electron chi connectivity index (χ3n) is 3.33. The van der Waals surface area contributed by atoms with Gasteiger partial charge in [0.05, 0.1) is 0 Å². The molecule has 0 aromatic carbocycles. The first-order valence-corrected chi connectivity index (χ1v) is 7.35. The molecule has 0 spiro atoms. The van der Waals surface area contributed by atoms with Crippen molar-refractivity contribution in [3.63, 3.8) is 0 Å². The van der Waals surface area contributed by atoms with Gasteiger partial charge in [0.1, 0.15) is 0 Å². The normalized spacial score (nSPS) is 24.3. The molecule has 0 saturated heterocycles. The Morgan fingerprint density at radius 1 is 1.32 bits per heavy atom. The summed E-state index contributed by atoms with van der Waals surface area (Å²) < 4.78 is 0. The van der Waals surface area contributed by atoms with E-state index < -0.39 is 0 Å². The van der Waals surface area contributed by atoms with E-state index in [0.717, 1.165) is 19.4 Å². The molecule has 0 radical (unpaired) electrons. The zero-order chi connectivity index (χ0) is 14.3. The van der Waals surface area contributed by atoms with Gasteiger partial charge in [-0.25, -0.2) is 0 Å². The maximum atomic E-state index is 11.8. The molecule has 2 atom stereocenters. The third kappa shape index (κ3) is 7.33. The van der Waals surface area contributed by atoms with E-state index in [1.165, 1.54) is 12.8 Å². The maximum absolute atomic E-state index is 11.8. The predicted octanol–water partition coefficient (Wildman–Crippen LogP) is 1.53. The Labute approximate surface area is 117 Å². The summed E-state index contributed by atoms with van der Waals surface area (Å²) in [6.07, 6.45) is 8.12. The lowest BCUT2D eigenvalue weighted by atomic mass is 9.90. The summed E-state index contributed by atoms with van der Waals surface area (Å²) in [7, 11) is 3.98. The zero-order valence-corrected chi connectivity index (χ0v) is 12.8. The Morgan fingerprint density at radius 2 is 2.00 bits per heavy atom. The highest BCUT2D eigenvalue weighted by Gasteiger charge is 2.22. The van der Waals surface area contributed by atoms with Crippen molar-refractivity contribution in [1.82, 2.24) is 15.5 Å². The van der Waals surface area contributed by atoms with Crippen molar-refractivity contribution in [3.05, 3.63) is 12.2 Å². The van der Waals surface area contributed by atoms with Crippen LogP contribution in [0.15, 0.2) is 12.2 Å². The van der Waals surface area contributed by atoms with Crippen molar-refractivity contribution in [1.29, 1.82) is 0 Å². The minimum absolute atomic E-state index is 0.0389. The number of carbonyl (C=O) groups is 1. The first-order valence-electron chi connectivity index (χ1n) is 7.35. The number of nitrogens with zero attached hydrogens (tertiary/aromatic N) is 1. The molecule has 2 N–H and O–H groups in total. The molecule has 4 nitrogen and oxygen atoms in total. The van der Waals surface area contributed by atoms with Gasteiger partial charge in [-0.05, 0) is 39.8 Å². The summed E-state index contributed by atoms with van der Waals surface area (Å²) in [5, 5.41) is 6.68. The van der Waals surface area contributed by atoms with Gasteiger partial charge in [-0.15, -0.1) is 0 Å². The van der Waals surface area contributed by atoms with E-state index in [2.05, 4.69) is 24.5 Å². The van der Waals surface area contributed by atoms with Gasteiger partial charge in [-0.2, -0.15) is 0 Å². The molecule has 1 amide bonds. The van der Waals surface area contributed by atoms with Gasteiger partial charge in [-0.1, -0.05) is 19.9 Å². The Morgan fingerprint density at radius 3 is 2.63 bits per heavy atom. The third-order valence-corrected chi connectivity index (χ3v) is 3.33. The van der Waals surface area contributed by atoms with E-state index in [1.54, 1.807) is 6.08 Å². The lowest BCUT2D eigenvalue weighted by Gasteiger charge is -2.31. The Balaban J connectivity index is 2.31. The second-order valence-electron chi connectivity index (χ2n) is 6.06. The zero-order valence-electron chi connectivity index (χ0n) is 12.8. The second-order valence-corrected chi connectivity index (χ2v) is 6.06. The number of carbonyl (C=O) groups excluding carboxylic acids is 1. The molecule has 1 unspecified atom stereocenters. The fourth-order valence-electron chi connectivity index (χ4n) is 2.56. The van der Waals surface area contributed by atoms with Crippen LogP contribution in [0.25, 0.3) is 0 Å². The summed E-state index contributed by atoms with van der Waals surface area (Å²) in [6.45, 7) is 5.15. The van der Waals surface area contributed by atoms with Gasteiger partial charge in [0, 0.05) is 30.7 Å². The molecule has 0 bridgehead atoms. The van der Waals surface area contributed by atoms with Crippen LogP contribution in [0.2, 0.25) is 0 Å². The summed E-state index contributed by atoms with van der Waals surface area (Å²) in [5.74, 6) is 0.0389. The van der Waals surface area contributed by atoms with Crippen LogP contribution in [0.5, 0.6) is 0 Å². The molecule has 110 valence electrons. The van der Waals surface area contributed by atoms with Crippen molar-refractivity contribution in [3.8, 4) is 0 Å². The van der Waals surface area contributed by atoms with Crippen LogP contribution in [-0.4, -0.2) is 49.6 Å². The van der Waals surface area contributed by atoms with Crippen molar-refractivity contribution in [2.75, 3.05) is 20.6 Å². The first-order chi connectivity index (χ1) is 8.97. The molecular formula is C15H29N3O. The SMILES string of the molecule is CC(C)N[C@H]1CCCC(NC(=O)/C=C/CN(C)C)C1. The summed E-state index contributed by atoms with van der Waals surface area (Å²) in [5.41, 5.74) is 0. The van der Waals surface area contributed by atoms with Crippen LogP contribution in [0.3, 0.4) is 0 Å². The van der Waals surface area contributed by atoms with Crippen LogP contribution in [0, 0.1) is 0 Å². The molecule has 1 rings (SSSR count). The minimum Gasteiger partial charge on any atom is -0.350 e. The largest absolute Gasteiger partial charge is 0.350 e. The van der Waals surface area contributed by atoms with Crippen molar-refractivity contribution in [2.24, 2.45) is 0 Å². The van der Waals surface area contributed by atoms with E-state index in [1.807, 2.05) is 25.1 Å². The molecule has 1 aliphatic rings. The van der Waals surface area contributed by atoms with Crippen LogP contribution >= 0.6 is 0 Å². The Bertz CT molecular complexity index is 300. The van der Waals surface area contributed by atoms with E-state index in [4.69, 9.17) is 0 Å². The van der Waals surface area contributed by atoms with Crippen molar-refractivity contribution < 1.29 is 4.79 Å². The average molecular weight is 267 g/mol. The monoisotopic (exact) mass is 267 g/mol. The van der Waals surface area contributed by atoms with Gasteiger partial charge >= 0.3 is 0 Å². The number of likely N-dealkylation sites (N-methyl/N-ethyl adjacent to an activating group) is 1. The first kappa shape index (κ1) is 16.2. The Hall–Kier alpha value is -0.870. The standard InChI is InChI=1S/C15H29N3O/c1-12(2)16-13-7-5-8-14(11-13)17-15(19)9-6-10-18(3)4/h6,9,12-14,16H,5,7-8,10-11H2,1-4H3,(H,17,19)/b9-6+/t13-,14?/m0/s1. The van der Waals surface area contributed by atoms with Crippen LogP contribution in [-0.2, 0) is 4.79 Å². The molecule has 19 heavy (non-hydrogen) atoms. The predicted molar refractivity (Wildman–Crippen MR) is 80.2 cm³/mol. The quantitative estimate of drug-likeness (QED) is 0.717. The lowest BCUT2D eigenvalue weighted by Crippen LogP contribution is -2.45. The number of amides is 1. The van der Waals surface area contributed by atoms with Crippen molar-refractivity contribution in [2.45, 2.75) is 57.7 Å². The van der Waals surface area contributed by atoms with E-state index >= 15 is 0 Å². The molecule has 0 heterocycles. The summed E-state index contributed by atoms with van der Waals surface area (Å²) >= 11 is 0. The fourth-order valence-corrected chi connectivity index (χ4v) is 2.56. The molecule has 0 aromatic rings. The molecule has 1 saturated carbocycles. The van der Waals surface area contributed by atoms with Gasteiger partial charge in [0.2, 0.25) is 5.91 Å². The highest BCUT2D eigenvalue weighted by atomic mass is 16.1. The highest BCUT2D eigenvalue weighted by Crippen LogP contribution is 2.19. The minimum atomic E-state index is 0.0389. The number of nitrogens with one attached hydrogen (secondary N) is 2. The topological polar surface area (TPSA) is 44.4 Å². The second kappa shape index (κ2) is 8.33. The number of rotatable bonds is 6. The van der Waals surface area contributed by atoms with Gasteiger partial charge in [0.25, 0.3) is 0 Å². The van der Waals surface area contributed by atoms with Gasteiger partial charge in [0.15, 0.2) is 0 Å². The molecular weight excluding hydrogens is 238 g/mol. The molecule has 0 aromatic heterocycles.